The molecule has 6 nitrogen and oxygen atoms in total. The lowest BCUT2D eigenvalue weighted by Crippen LogP contribution is -2.15. The maximum atomic E-state index is 12.7. The van der Waals surface area contributed by atoms with E-state index in [2.05, 4.69) is 22.4 Å². The van der Waals surface area contributed by atoms with Crippen LogP contribution in [-0.4, -0.2) is 33.5 Å². The Kier molecular flexibility index (Phi) is 7.32. The molecular formula is C25H23ClN4O2S. The molecule has 0 aliphatic rings. The Morgan fingerprint density at radius 3 is 2.45 bits per heavy atom. The predicted octanol–water partition coefficient (Wildman–Crippen LogP) is 5.89. The number of carbonyl (C=O) groups is 1. The minimum Gasteiger partial charge on any atom is -0.497 e. The van der Waals surface area contributed by atoms with Crippen LogP contribution in [0.2, 0.25) is 5.02 Å². The van der Waals surface area contributed by atoms with Crippen molar-refractivity contribution in [1.82, 2.24) is 14.8 Å². The number of hydrogen-bond acceptors (Lipinski definition) is 5. The molecule has 1 heterocycles. The first kappa shape index (κ1) is 22.9. The summed E-state index contributed by atoms with van der Waals surface area (Å²) in [6, 6.07) is 22.9. The number of aromatic nitrogens is 3. The van der Waals surface area contributed by atoms with Crippen LogP contribution in [0.3, 0.4) is 0 Å². The highest BCUT2D eigenvalue weighted by atomic mass is 35.5. The summed E-state index contributed by atoms with van der Waals surface area (Å²) in [6.07, 6.45) is 0.847. The molecule has 0 saturated heterocycles. The van der Waals surface area contributed by atoms with Gasteiger partial charge in [0.05, 0.1) is 12.9 Å². The van der Waals surface area contributed by atoms with E-state index >= 15 is 0 Å². The van der Waals surface area contributed by atoms with Crippen LogP contribution >= 0.6 is 23.4 Å². The van der Waals surface area contributed by atoms with E-state index in [1.165, 1.54) is 11.8 Å². The molecule has 0 radical (unpaired) electrons. The Labute approximate surface area is 202 Å². The van der Waals surface area contributed by atoms with Gasteiger partial charge in [0.25, 0.3) is 0 Å². The fraction of sp³-hybridized carbons (Fsp3) is 0.160. The Morgan fingerprint density at radius 2 is 1.76 bits per heavy atom. The van der Waals surface area contributed by atoms with Gasteiger partial charge in [0.1, 0.15) is 5.75 Å². The summed E-state index contributed by atoms with van der Waals surface area (Å²) < 4.78 is 7.22. The van der Waals surface area contributed by atoms with Crippen molar-refractivity contribution in [2.24, 2.45) is 0 Å². The van der Waals surface area contributed by atoms with Crippen molar-refractivity contribution < 1.29 is 9.53 Å². The van der Waals surface area contributed by atoms with Crippen LogP contribution in [0.4, 0.5) is 5.69 Å². The molecule has 0 unspecified atom stereocenters. The molecular weight excluding hydrogens is 456 g/mol. The van der Waals surface area contributed by atoms with E-state index in [1.807, 2.05) is 77.4 Å². The van der Waals surface area contributed by atoms with Gasteiger partial charge in [0.15, 0.2) is 11.0 Å². The van der Waals surface area contributed by atoms with Crippen LogP contribution in [0.25, 0.3) is 17.1 Å². The van der Waals surface area contributed by atoms with Gasteiger partial charge in [-0.1, -0.05) is 48.5 Å². The smallest absolute Gasteiger partial charge is 0.234 e. The standard InChI is InChI=1S/C25H23ClN4O2S/c1-3-17-6-4-5-7-22(17)27-23(31)16-33-25-29-28-24(18-8-10-19(26)11-9-18)30(25)20-12-14-21(32-2)15-13-20/h4-15H,3,16H2,1-2H3,(H,27,31). The molecule has 0 aliphatic carbocycles. The average Bonchev–Trinajstić information content (AvgIpc) is 3.27. The van der Waals surface area contributed by atoms with Crippen molar-refractivity contribution in [3.63, 3.8) is 0 Å². The molecule has 1 aromatic heterocycles. The number of anilines is 1. The summed E-state index contributed by atoms with van der Waals surface area (Å²) in [5.41, 5.74) is 3.67. The van der Waals surface area contributed by atoms with E-state index in [1.54, 1.807) is 7.11 Å². The van der Waals surface area contributed by atoms with Crippen LogP contribution in [-0.2, 0) is 11.2 Å². The van der Waals surface area contributed by atoms with Gasteiger partial charge in [-0.25, -0.2) is 0 Å². The number of benzene rings is 3. The zero-order valence-electron chi connectivity index (χ0n) is 18.3. The van der Waals surface area contributed by atoms with Crippen molar-refractivity contribution in [3.05, 3.63) is 83.4 Å². The monoisotopic (exact) mass is 478 g/mol. The first-order valence-electron chi connectivity index (χ1n) is 10.5. The van der Waals surface area contributed by atoms with Crippen LogP contribution in [0.5, 0.6) is 5.75 Å². The number of thioether (sulfide) groups is 1. The number of nitrogens with zero attached hydrogens (tertiary/aromatic N) is 3. The molecule has 0 fully saturated rings. The van der Waals surface area contributed by atoms with Crippen LogP contribution in [0.15, 0.2) is 78.0 Å². The van der Waals surface area contributed by atoms with Gasteiger partial charge in [-0.15, -0.1) is 10.2 Å². The van der Waals surface area contributed by atoms with Gasteiger partial charge in [-0.05, 0) is 66.6 Å². The lowest BCUT2D eigenvalue weighted by atomic mass is 10.1. The topological polar surface area (TPSA) is 69.0 Å². The van der Waals surface area contributed by atoms with Gasteiger partial charge in [-0.3, -0.25) is 9.36 Å². The summed E-state index contributed by atoms with van der Waals surface area (Å²) >= 11 is 7.39. The molecule has 0 aliphatic heterocycles. The Bertz CT molecular complexity index is 1240. The number of rotatable bonds is 8. The number of para-hydroxylation sites is 1. The van der Waals surface area contributed by atoms with Gasteiger partial charge in [0, 0.05) is 22.0 Å². The van der Waals surface area contributed by atoms with E-state index in [-0.39, 0.29) is 11.7 Å². The fourth-order valence-electron chi connectivity index (χ4n) is 3.38. The van der Waals surface area contributed by atoms with Crippen molar-refractivity contribution >= 4 is 35.0 Å². The van der Waals surface area contributed by atoms with E-state index in [4.69, 9.17) is 16.3 Å². The molecule has 1 amide bonds. The molecule has 168 valence electrons. The highest BCUT2D eigenvalue weighted by Gasteiger charge is 2.18. The number of methoxy groups -OCH3 is 1. The third-order valence-corrected chi connectivity index (χ3v) is 6.25. The molecule has 0 spiro atoms. The molecule has 1 N–H and O–H groups in total. The molecule has 4 aromatic rings. The minimum atomic E-state index is -0.0989. The van der Waals surface area contributed by atoms with Crippen LogP contribution in [0.1, 0.15) is 12.5 Å². The van der Waals surface area contributed by atoms with Crippen molar-refractivity contribution in [3.8, 4) is 22.8 Å². The second kappa shape index (κ2) is 10.6. The number of carbonyl (C=O) groups excluding carboxylic acids is 1. The average molecular weight is 479 g/mol. The summed E-state index contributed by atoms with van der Waals surface area (Å²) in [5, 5.41) is 13.1. The maximum absolute atomic E-state index is 12.7. The quantitative estimate of drug-likeness (QED) is 0.320. The predicted molar refractivity (Wildman–Crippen MR) is 134 cm³/mol. The number of halogens is 1. The van der Waals surface area contributed by atoms with Crippen molar-refractivity contribution in [2.45, 2.75) is 18.5 Å². The van der Waals surface area contributed by atoms with Crippen LogP contribution < -0.4 is 10.1 Å². The van der Waals surface area contributed by atoms with E-state index in [0.29, 0.717) is 16.0 Å². The van der Waals surface area contributed by atoms with Gasteiger partial charge in [0.2, 0.25) is 5.91 Å². The summed E-state index contributed by atoms with van der Waals surface area (Å²) in [7, 11) is 1.63. The lowest BCUT2D eigenvalue weighted by Gasteiger charge is -2.12. The van der Waals surface area contributed by atoms with Crippen molar-refractivity contribution in [1.29, 1.82) is 0 Å². The molecule has 3 aromatic carbocycles. The first-order valence-corrected chi connectivity index (χ1v) is 11.8. The molecule has 0 atom stereocenters. The minimum absolute atomic E-state index is 0.0989. The highest BCUT2D eigenvalue weighted by Crippen LogP contribution is 2.29. The molecule has 33 heavy (non-hydrogen) atoms. The Hall–Kier alpha value is -3.29. The number of hydrogen-bond donors (Lipinski definition) is 1. The van der Waals surface area contributed by atoms with Gasteiger partial charge in [-0.2, -0.15) is 0 Å². The second-order valence-electron chi connectivity index (χ2n) is 7.19. The molecule has 0 saturated carbocycles. The summed E-state index contributed by atoms with van der Waals surface area (Å²) in [5.74, 6) is 1.52. The SMILES string of the molecule is CCc1ccccc1NC(=O)CSc1nnc(-c2ccc(Cl)cc2)n1-c1ccc(OC)cc1. The second-order valence-corrected chi connectivity index (χ2v) is 8.57. The zero-order valence-corrected chi connectivity index (χ0v) is 19.9. The Balaban J connectivity index is 1.60. The number of amides is 1. The van der Waals surface area contributed by atoms with E-state index < -0.39 is 0 Å². The van der Waals surface area contributed by atoms with Crippen LogP contribution in [0, 0.1) is 0 Å². The maximum Gasteiger partial charge on any atom is 0.234 e. The number of nitrogens with one attached hydrogen (secondary N) is 1. The van der Waals surface area contributed by atoms with Crippen molar-refractivity contribution in [2.75, 3.05) is 18.2 Å². The fourth-order valence-corrected chi connectivity index (χ4v) is 4.26. The normalized spacial score (nSPS) is 10.8. The summed E-state index contributed by atoms with van der Waals surface area (Å²) in [6.45, 7) is 2.06. The third-order valence-electron chi connectivity index (χ3n) is 5.07. The molecule has 4 rings (SSSR count). The molecule has 0 bridgehead atoms. The highest BCUT2D eigenvalue weighted by molar-refractivity contribution is 7.99. The zero-order chi connectivity index (χ0) is 23.2. The third kappa shape index (κ3) is 5.38. The lowest BCUT2D eigenvalue weighted by molar-refractivity contribution is -0.113. The van der Waals surface area contributed by atoms with Gasteiger partial charge >= 0.3 is 0 Å². The molecule has 8 heteroatoms. The van der Waals surface area contributed by atoms with Gasteiger partial charge < -0.3 is 10.1 Å². The first-order chi connectivity index (χ1) is 16.1. The largest absolute Gasteiger partial charge is 0.497 e. The van der Waals surface area contributed by atoms with E-state index in [0.717, 1.165) is 34.7 Å². The Morgan fingerprint density at radius 1 is 1.03 bits per heavy atom. The summed E-state index contributed by atoms with van der Waals surface area (Å²) in [4.78, 5) is 12.7. The van der Waals surface area contributed by atoms with E-state index in [9.17, 15) is 4.79 Å². The number of aryl methyl sites for hydroxylation is 1. The number of ether oxygens (including phenoxy) is 1.